The quantitative estimate of drug-likeness (QED) is 0.522. The Hall–Kier alpha value is -2.60. The van der Waals surface area contributed by atoms with Crippen molar-refractivity contribution in [2.75, 3.05) is 0 Å². The van der Waals surface area contributed by atoms with Gasteiger partial charge in [-0.3, -0.25) is 14.2 Å². The molecule has 0 aliphatic carbocycles. The number of aromatic nitrogens is 2. The molecule has 0 aliphatic heterocycles. The molecule has 29 heavy (non-hydrogen) atoms. The van der Waals surface area contributed by atoms with Crippen molar-refractivity contribution in [3.8, 4) is 0 Å². The third-order valence-corrected chi connectivity index (χ3v) is 5.31. The normalized spacial score (nSPS) is 12.3. The fraction of sp³-hybridized carbons (Fsp3) is 0.409. The van der Waals surface area contributed by atoms with Gasteiger partial charge in [0, 0.05) is 18.0 Å². The van der Waals surface area contributed by atoms with Crippen LogP contribution in [0.2, 0.25) is 5.02 Å². The van der Waals surface area contributed by atoms with Crippen molar-refractivity contribution in [1.29, 1.82) is 0 Å². The number of carbonyl (C=O) groups excluding carboxylic acids is 1. The lowest BCUT2D eigenvalue weighted by atomic mass is 10.1. The van der Waals surface area contributed by atoms with Gasteiger partial charge in [0.2, 0.25) is 5.91 Å². The number of benzene rings is 1. The van der Waals surface area contributed by atoms with Gasteiger partial charge in [-0.05, 0) is 50.6 Å². The topological polar surface area (TPSA) is 68.3 Å². The van der Waals surface area contributed by atoms with Crippen molar-refractivity contribution >= 4 is 28.4 Å². The summed E-state index contributed by atoms with van der Waals surface area (Å²) in [5, 5.41) is 0.972. The predicted molar refractivity (Wildman–Crippen MR) is 114 cm³/mol. The highest BCUT2D eigenvalue weighted by molar-refractivity contribution is 6.31. The van der Waals surface area contributed by atoms with E-state index >= 15 is 0 Å². The van der Waals surface area contributed by atoms with Crippen LogP contribution >= 0.6 is 11.6 Å². The number of halogens is 1. The molecule has 3 aromatic rings. The van der Waals surface area contributed by atoms with E-state index in [1.807, 2.05) is 19.9 Å². The summed E-state index contributed by atoms with van der Waals surface area (Å²) >= 11 is 6.07. The van der Waals surface area contributed by atoms with E-state index in [9.17, 15) is 9.59 Å². The first-order valence-corrected chi connectivity index (χ1v) is 10.4. The Morgan fingerprint density at radius 2 is 2.10 bits per heavy atom. The highest BCUT2D eigenvalue weighted by Gasteiger charge is 2.26. The van der Waals surface area contributed by atoms with Gasteiger partial charge >= 0.3 is 0 Å². The van der Waals surface area contributed by atoms with Crippen molar-refractivity contribution in [3.63, 3.8) is 0 Å². The van der Waals surface area contributed by atoms with Gasteiger partial charge in [0.15, 0.2) is 0 Å². The minimum atomic E-state index is -0.391. The lowest BCUT2D eigenvalue weighted by molar-refractivity contribution is -0.134. The maximum Gasteiger partial charge on any atom is 0.261 e. The molecular weight excluding hydrogens is 390 g/mol. The van der Waals surface area contributed by atoms with Crippen molar-refractivity contribution in [3.05, 3.63) is 63.6 Å². The monoisotopic (exact) mass is 415 g/mol. The summed E-state index contributed by atoms with van der Waals surface area (Å²) in [4.78, 5) is 32.5. The van der Waals surface area contributed by atoms with Crippen LogP contribution in [0.15, 0.2) is 45.8 Å². The van der Waals surface area contributed by atoms with E-state index in [-0.39, 0.29) is 11.5 Å². The SMILES string of the molecule is CCCCC(=O)N(Cc1ccco1)C(C)c1nc2ccc(Cl)cc2c(=O)n1CC. The number of hydrogen-bond acceptors (Lipinski definition) is 4. The van der Waals surface area contributed by atoms with Crippen LogP contribution in [0.25, 0.3) is 10.9 Å². The number of fused-ring (bicyclic) bond motifs is 1. The standard InChI is InChI=1S/C22H26ClN3O3/c1-4-6-9-20(27)26(14-17-8-7-12-29-17)15(3)21-24-19-11-10-16(23)13-18(19)22(28)25(21)5-2/h7-8,10-13,15H,4-6,9,14H2,1-3H3. The van der Waals surface area contributed by atoms with Gasteiger partial charge in [-0.15, -0.1) is 0 Å². The summed E-state index contributed by atoms with van der Waals surface area (Å²) in [6.07, 6.45) is 3.78. The summed E-state index contributed by atoms with van der Waals surface area (Å²) in [5.41, 5.74) is 0.422. The molecule has 1 amide bonds. The van der Waals surface area contributed by atoms with E-state index in [2.05, 4.69) is 6.92 Å². The van der Waals surface area contributed by atoms with Crippen LogP contribution in [-0.2, 0) is 17.9 Å². The first-order valence-electron chi connectivity index (χ1n) is 9.98. The lowest BCUT2D eigenvalue weighted by Gasteiger charge is -2.30. The van der Waals surface area contributed by atoms with Crippen LogP contribution in [0.3, 0.4) is 0 Å². The van der Waals surface area contributed by atoms with E-state index in [1.54, 1.807) is 40.0 Å². The van der Waals surface area contributed by atoms with Crippen molar-refractivity contribution in [2.45, 2.75) is 59.2 Å². The molecule has 0 N–H and O–H groups in total. The lowest BCUT2D eigenvalue weighted by Crippen LogP contribution is -2.37. The third-order valence-electron chi connectivity index (χ3n) is 5.07. The Bertz CT molecular complexity index is 1040. The van der Waals surface area contributed by atoms with Crippen molar-refractivity contribution in [2.24, 2.45) is 0 Å². The third kappa shape index (κ3) is 4.53. The fourth-order valence-corrected chi connectivity index (χ4v) is 3.63. The molecule has 0 saturated carbocycles. The number of carbonyl (C=O) groups is 1. The molecule has 6 nitrogen and oxygen atoms in total. The Labute approximate surface area is 175 Å². The summed E-state index contributed by atoms with van der Waals surface area (Å²) in [6.45, 7) is 6.63. The fourth-order valence-electron chi connectivity index (χ4n) is 3.46. The molecular formula is C22H26ClN3O3. The van der Waals surface area contributed by atoms with Gasteiger partial charge in [0.25, 0.3) is 5.56 Å². The highest BCUT2D eigenvalue weighted by atomic mass is 35.5. The minimum Gasteiger partial charge on any atom is -0.467 e. The zero-order valence-electron chi connectivity index (χ0n) is 17.0. The molecule has 0 spiro atoms. The Kier molecular flexibility index (Phi) is 6.75. The molecule has 1 aromatic carbocycles. The molecule has 0 saturated heterocycles. The number of amides is 1. The molecule has 0 aliphatic rings. The van der Waals surface area contributed by atoms with Crippen molar-refractivity contribution in [1.82, 2.24) is 14.5 Å². The minimum absolute atomic E-state index is 0.0175. The number of unbranched alkanes of at least 4 members (excludes halogenated alkanes) is 1. The average Bonchev–Trinajstić information content (AvgIpc) is 3.23. The zero-order chi connectivity index (χ0) is 21.0. The van der Waals surface area contributed by atoms with E-state index < -0.39 is 6.04 Å². The van der Waals surface area contributed by atoms with Crippen LogP contribution in [0.5, 0.6) is 0 Å². The van der Waals surface area contributed by atoms with Crippen LogP contribution in [0.4, 0.5) is 0 Å². The zero-order valence-corrected chi connectivity index (χ0v) is 17.8. The molecule has 2 aromatic heterocycles. The van der Waals surface area contributed by atoms with Crippen LogP contribution < -0.4 is 5.56 Å². The molecule has 1 unspecified atom stereocenters. The number of hydrogen-bond donors (Lipinski definition) is 0. The maximum atomic E-state index is 13.1. The maximum absolute atomic E-state index is 13.1. The first kappa shape index (κ1) is 21.1. The second-order valence-electron chi connectivity index (χ2n) is 7.06. The molecule has 7 heteroatoms. The van der Waals surface area contributed by atoms with Gasteiger partial charge in [0.05, 0.1) is 29.8 Å². The Balaban J connectivity index is 2.07. The van der Waals surface area contributed by atoms with E-state index in [0.29, 0.717) is 47.0 Å². The second-order valence-corrected chi connectivity index (χ2v) is 7.50. The van der Waals surface area contributed by atoms with Crippen LogP contribution in [0.1, 0.15) is 57.7 Å². The number of furan rings is 1. The molecule has 2 heterocycles. The largest absolute Gasteiger partial charge is 0.467 e. The van der Waals surface area contributed by atoms with Crippen molar-refractivity contribution < 1.29 is 9.21 Å². The molecule has 0 fully saturated rings. The smallest absolute Gasteiger partial charge is 0.261 e. The van der Waals surface area contributed by atoms with Crippen LogP contribution in [-0.4, -0.2) is 20.4 Å². The Morgan fingerprint density at radius 1 is 1.31 bits per heavy atom. The number of nitrogens with zero attached hydrogens (tertiary/aromatic N) is 3. The molecule has 0 radical (unpaired) electrons. The van der Waals surface area contributed by atoms with E-state index in [4.69, 9.17) is 21.0 Å². The van der Waals surface area contributed by atoms with E-state index in [0.717, 1.165) is 12.8 Å². The highest BCUT2D eigenvalue weighted by Crippen LogP contribution is 2.24. The average molecular weight is 416 g/mol. The summed E-state index contributed by atoms with van der Waals surface area (Å²) < 4.78 is 7.09. The van der Waals surface area contributed by atoms with Gasteiger partial charge in [0.1, 0.15) is 11.6 Å². The summed E-state index contributed by atoms with van der Waals surface area (Å²) in [6, 6.07) is 8.35. The second kappa shape index (κ2) is 9.27. The molecule has 1 atom stereocenters. The number of rotatable bonds is 8. The Morgan fingerprint density at radius 3 is 2.76 bits per heavy atom. The molecule has 154 valence electrons. The predicted octanol–water partition coefficient (Wildman–Crippen LogP) is 4.94. The van der Waals surface area contributed by atoms with Gasteiger partial charge in [-0.1, -0.05) is 24.9 Å². The van der Waals surface area contributed by atoms with Crippen LogP contribution in [0, 0.1) is 0 Å². The van der Waals surface area contributed by atoms with E-state index in [1.165, 1.54) is 0 Å². The molecule has 3 rings (SSSR count). The van der Waals surface area contributed by atoms with Gasteiger partial charge < -0.3 is 9.32 Å². The van der Waals surface area contributed by atoms with Gasteiger partial charge in [-0.25, -0.2) is 4.98 Å². The summed E-state index contributed by atoms with van der Waals surface area (Å²) in [5.74, 6) is 1.27. The molecule has 0 bridgehead atoms. The first-order chi connectivity index (χ1) is 14.0. The summed E-state index contributed by atoms with van der Waals surface area (Å²) in [7, 11) is 0. The van der Waals surface area contributed by atoms with Gasteiger partial charge in [-0.2, -0.15) is 0 Å².